The summed E-state index contributed by atoms with van der Waals surface area (Å²) >= 11 is 0. The molecule has 4 rings (SSSR count). The van der Waals surface area contributed by atoms with Crippen molar-refractivity contribution in [2.45, 2.75) is 18.9 Å². The predicted molar refractivity (Wildman–Crippen MR) is 90.9 cm³/mol. The second-order valence-electron chi connectivity index (χ2n) is 6.23. The normalized spacial score (nSPS) is 25.2. The minimum atomic E-state index is 0.0856. The highest BCUT2D eigenvalue weighted by atomic mass is 16.5. The molecule has 0 saturated carbocycles. The molecule has 2 aliphatic rings. The van der Waals surface area contributed by atoms with Gasteiger partial charge in [-0.05, 0) is 35.2 Å². The summed E-state index contributed by atoms with van der Waals surface area (Å²) in [5, 5.41) is 0. The average molecular weight is 305 g/mol. The van der Waals surface area contributed by atoms with Crippen LogP contribution in [0.3, 0.4) is 0 Å². The van der Waals surface area contributed by atoms with Crippen LogP contribution >= 0.6 is 0 Å². The number of anilines is 1. The van der Waals surface area contributed by atoms with Gasteiger partial charge in [-0.3, -0.25) is 4.79 Å². The molecule has 3 unspecified atom stereocenters. The molecule has 0 radical (unpaired) electrons. The van der Waals surface area contributed by atoms with Crippen molar-refractivity contribution in [3.05, 3.63) is 71.8 Å². The van der Waals surface area contributed by atoms with Crippen molar-refractivity contribution < 1.29 is 9.53 Å². The second kappa shape index (κ2) is 5.27. The fourth-order valence-electron chi connectivity index (χ4n) is 3.93. The summed E-state index contributed by atoms with van der Waals surface area (Å²) < 4.78 is 5.27. The van der Waals surface area contributed by atoms with Crippen molar-refractivity contribution >= 4 is 11.6 Å². The first-order valence-corrected chi connectivity index (χ1v) is 7.95. The number of rotatable bonds is 2. The van der Waals surface area contributed by atoms with Gasteiger partial charge in [0.05, 0.1) is 13.2 Å². The van der Waals surface area contributed by atoms with Gasteiger partial charge in [-0.15, -0.1) is 0 Å². The van der Waals surface area contributed by atoms with E-state index < -0.39 is 0 Å². The Hall–Kier alpha value is -2.55. The second-order valence-corrected chi connectivity index (χ2v) is 6.23. The standard InChI is InChI=1S/C20H19NO2/c1-13-17-11-12-19(22)21(17)18-6-4-3-5-16(18)20(13)14-7-9-15(23-2)10-8-14/h3-13,17,20H,1-2H3. The molecular formula is C20H19NO2. The third-order valence-corrected chi connectivity index (χ3v) is 5.04. The molecule has 0 spiro atoms. The Morgan fingerprint density at radius 3 is 2.52 bits per heavy atom. The number of amides is 1. The van der Waals surface area contributed by atoms with E-state index in [1.165, 1.54) is 11.1 Å². The third-order valence-electron chi connectivity index (χ3n) is 5.04. The van der Waals surface area contributed by atoms with Crippen LogP contribution in [0.5, 0.6) is 5.75 Å². The highest BCUT2D eigenvalue weighted by Gasteiger charge is 2.42. The molecule has 3 nitrogen and oxygen atoms in total. The minimum Gasteiger partial charge on any atom is -0.497 e. The molecule has 3 heteroatoms. The molecule has 0 N–H and O–H groups in total. The predicted octanol–water partition coefficient (Wildman–Crippen LogP) is 3.75. The van der Waals surface area contributed by atoms with Crippen molar-refractivity contribution in [2.75, 3.05) is 12.0 Å². The number of ether oxygens (including phenoxy) is 1. The fraction of sp³-hybridized carbons (Fsp3) is 0.250. The van der Waals surface area contributed by atoms with Gasteiger partial charge >= 0.3 is 0 Å². The molecule has 0 aliphatic carbocycles. The van der Waals surface area contributed by atoms with Gasteiger partial charge in [0.2, 0.25) is 0 Å². The average Bonchev–Trinajstić information content (AvgIpc) is 2.98. The summed E-state index contributed by atoms with van der Waals surface area (Å²) in [7, 11) is 1.68. The molecule has 2 aromatic carbocycles. The van der Waals surface area contributed by atoms with Gasteiger partial charge in [-0.2, -0.15) is 0 Å². The Balaban J connectivity index is 1.85. The molecule has 0 fully saturated rings. The van der Waals surface area contributed by atoms with E-state index in [-0.39, 0.29) is 17.9 Å². The zero-order valence-corrected chi connectivity index (χ0v) is 13.3. The molecule has 0 saturated heterocycles. The Labute approximate surface area is 136 Å². The van der Waals surface area contributed by atoms with E-state index in [0.29, 0.717) is 5.92 Å². The zero-order chi connectivity index (χ0) is 16.0. The van der Waals surface area contributed by atoms with Crippen LogP contribution in [0.15, 0.2) is 60.7 Å². The lowest BCUT2D eigenvalue weighted by Gasteiger charge is -2.42. The van der Waals surface area contributed by atoms with Gasteiger partial charge in [-0.25, -0.2) is 0 Å². The maximum absolute atomic E-state index is 12.3. The van der Waals surface area contributed by atoms with Gasteiger partial charge in [0.25, 0.3) is 5.91 Å². The first-order chi connectivity index (χ1) is 11.2. The smallest absolute Gasteiger partial charge is 0.251 e. The molecule has 116 valence electrons. The number of carbonyl (C=O) groups is 1. The summed E-state index contributed by atoms with van der Waals surface area (Å²) in [4.78, 5) is 14.2. The van der Waals surface area contributed by atoms with Gasteiger partial charge < -0.3 is 9.64 Å². The van der Waals surface area contributed by atoms with Crippen molar-refractivity contribution in [1.82, 2.24) is 0 Å². The number of benzene rings is 2. The number of hydrogen-bond acceptors (Lipinski definition) is 2. The van der Waals surface area contributed by atoms with Crippen molar-refractivity contribution in [3.8, 4) is 5.75 Å². The van der Waals surface area contributed by atoms with Gasteiger partial charge in [0.15, 0.2) is 0 Å². The van der Waals surface area contributed by atoms with Gasteiger partial charge in [-0.1, -0.05) is 43.3 Å². The summed E-state index contributed by atoms with van der Waals surface area (Å²) in [6.45, 7) is 2.23. The van der Waals surface area contributed by atoms with Crippen LogP contribution in [0.2, 0.25) is 0 Å². The minimum absolute atomic E-state index is 0.0856. The summed E-state index contributed by atoms with van der Waals surface area (Å²) in [5.41, 5.74) is 3.52. The highest BCUT2D eigenvalue weighted by molar-refractivity contribution is 6.06. The molecule has 0 aromatic heterocycles. The first-order valence-electron chi connectivity index (χ1n) is 7.95. The van der Waals surface area contributed by atoms with Crippen molar-refractivity contribution in [2.24, 2.45) is 5.92 Å². The maximum Gasteiger partial charge on any atom is 0.251 e. The number of hydrogen-bond donors (Lipinski definition) is 0. The van der Waals surface area contributed by atoms with E-state index in [1.54, 1.807) is 13.2 Å². The third kappa shape index (κ3) is 2.07. The van der Waals surface area contributed by atoms with Crippen LogP contribution in [0, 0.1) is 5.92 Å². The summed E-state index contributed by atoms with van der Waals surface area (Å²) in [6, 6.07) is 16.7. The topological polar surface area (TPSA) is 29.5 Å². The summed E-state index contributed by atoms with van der Waals surface area (Å²) in [6.07, 6.45) is 3.74. The Bertz CT molecular complexity index is 778. The van der Waals surface area contributed by atoms with E-state index in [0.717, 1.165) is 11.4 Å². The van der Waals surface area contributed by atoms with E-state index in [1.807, 2.05) is 29.2 Å². The number of nitrogens with zero attached hydrogens (tertiary/aromatic N) is 1. The maximum atomic E-state index is 12.3. The molecular weight excluding hydrogens is 286 g/mol. The largest absolute Gasteiger partial charge is 0.497 e. The van der Waals surface area contributed by atoms with Crippen molar-refractivity contribution in [3.63, 3.8) is 0 Å². The Morgan fingerprint density at radius 1 is 1.04 bits per heavy atom. The van der Waals surface area contributed by atoms with Crippen LogP contribution in [0.1, 0.15) is 24.0 Å². The molecule has 3 atom stereocenters. The van der Waals surface area contributed by atoms with Gasteiger partial charge in [0, 0.05) is 17.7 Å². The Morgan fingerprint density at radius 2 is 1.78 bits per heavy atom. The van der Waals surface area contributed by atoms with Crippen LogP contribution in [0.4, 0.5) is 5.69 Å². The molecule has 2 heterocycles. The van der Waals surface area contributed by atoms with Crippen LogP contribution in [-0.4, -0.2) is 19.1 Å². The zero-order valence-electron chi connectivity index (χ0n) is 13.3. The quantitative estimate of drug-likeness (QED) is 0.845. The molecule has 2 aromatic rings. The number of methoxy groups -OCH3 is 1. The van der Waals surface area contributed by atoms with E-state index in [4.69, 9.17) is 4.74 Å². The van der Waals surface area contributed by atoms with Crippen LogP contribution in [-0.2, 0) is 4.79 Å². The van der Waals surface area contributed by atoms with E-state index in [2.05, 4.69) is 37.3 Å². The lowest BCUT2D eigenvalue weighted by molar-refractivity contribution is -0.114. The lowest BCUT2D eigenvalue weighted by atomic mass is 9.74. The molecule has 1 amide bonds. The number of para-hydroxylation sites is 1. The highest BCUT2D eigenvalue weighted by Crippen LogP contribution is 2.47. The summed E-state index contributed by atoms with van der Waals surface area (Å²) in [5.74, 6) is 1.54. The molecule has 23 heavy (non-hydrogen) atoms. The van der Waals surface area contributed by atoms with Gasteiger partial charge in [0.1, 0.15) is 5.75 Å². The van der Waals surface area contributed by atoms with E-state index in [9.17, 15) is 4.79 Å². The van der Waals surface area contributed by atoms with E-state index >= 15 is 0 Å². The van der Waals surface area contributed by atoms with Crippen molar-refractivity contribution in [1.29, 1.82) is 0 Å². The molecule has 0 bridgehead atoms. The monoisotopic (exact) mass is 305 g/mol. The molecule has 2 aliphatic heterocycles. The Kier molecular flexibility index (Phi) is 3.22. The SMILES string of the molecule is COc1ccc(C2c3ccccc3N3C(=O)C=CC3C2C)cc1. The number of fused-ring (bicyclic) bond motifs is 3. The number of carbonyl (C=O) groups excluding carboxylic acids is 1. The first kappa shape index (κ1) is 14.1. The fourth-order valence-corrected chi connectivity index (χ4v) is 3.93. The van der Waals surface area contributed by atoms with Crippen LogP contribution in [0.25, 0.3) is 0 Å². The lowest BCUT2D eigenvalue weighted by Crippen LogP contribution is -2.44. The van der Waals surface area contributed by atoms with Crippen LogP contribution < -0.4 is 9.64 Å².